The van der Waals surface area contributed by atoms with Gasteiger partial charge in [-0.2, -0.15) is 0 Å². The summed E-state index contributed by atoms with van der Waals surface area (Å²) in [6.45, 7) is 0.437. The maximum absolute atomic E-state index is 12.8. The molecule has 2 bridgehead atoms. The van der Waals surface area contributed by atoms with E-state index in [4.69, 9.17) is 4.74 Å². The average molecular weight is 326 g/mol. The Balaban J connectivity index is 1.51. The molecule has 1 aromatic rings. The van der Waals surface area contributed by atoms with Gasteiger partial charge in [-0.05, 0) is 26.1 Å². The molecule has 5 atom stereocenters. The minimum atomic E-state index is -0.313. The second-order valence-corrected chi connectivity index (χ2v) is 7.10. The van der Waals surface area contributed by atoms with Crippen LogP contribution in [0.2, 0.25) is 0 Å². The zero-order valence-electron chi connectivity index (χ0n) is 14.0. The van der Waals surface area contributed by atoms with Gasteiger partial charge in [0.1, 0.15) is 0 Å². The standard InChI is InChI=1S/C19H22N2O3/c1-20(2)13(10-12-6-4-3-5-7-12)11-21-18(22)16-14-8-9-15(24-14)17(16)19(21)23/h3-9,13-17H,10-11H2,1-2H3. The number of likely N-dealkylation sites (N-methyl/N-ethyl adjacent to an activating group) is 1. The number of hydrogen-bond acceptors (Lipinski definition) is 4. The van der Waals surface area contributed by atoms with Crippen molar-refractivity contribution in [3.05, 3.63) is 48.0 Å². The molecule has 5 nitrogen and oxygen atoms in total. The van der Waals surface area contributed by atoms with Crippen molar-refractivity contribution < 1.29 is 14.3 Å². The van der Waals surface area contributed by atoms with Gasteiger partial charge in [-0.15, -0.1) is 0 Å². The van der Waals surface area contributed by atoms with Crippen LogP contribution in [0.15, 0.2) is 42.5 Å². The number of carbonyl (C=O) groups excluding carboxylic acids is 2. The Labute approximate surface area is 141 Å². The molecule has 2 saturated heterocycles. The molecule has 4 rings (SSSR count). The number of benzene rings is 1. The van der Waals surface area contributed by atoms with Crippen molar-refractivity contribution in [1.82, 2.24) is 9.80 Å². The Morgan fingerprint density at radius 1 is 1.04 bits per heavy atom. The lowest BCUT2D eigenvalue weighted by atomic mass is 9.85. The number of hydrogen-bond donors (Lipinski definition) is 0. The van der Waals surface area contributed by atoms with Gasteiger partial charge in [-0.25, -0.2) is 0 Å². The molecule has 2 fully saturated rings. The van der Waals surface area contributed by atoms with Crippen molar-refractivity contribution in [2.24, 2.45) is 11.8 Å². The first-order valence-electron chi connectivity index (χ1n) is 8.45. The quantitative estimate of drug-likeness (QED) is 0.600. The zero-order chi connectivity index (χ0) is 16.8. The van der Waals surface area contributed by atoms with E-state index in [2.05, 4.69) is 17.0 Å². The van der Waals surface area contributed by atoms with Crippen molar-refractivity contribution in [2.45, 2.75) is 24.7 Å². The topological polar surface area (TPSA) is 49.9 Å². The van der Waals surface area contributed by atoms with Gasteiger partial charge in [-0.3, -0.25) is 14.5 Å². The molecular formula is C19H22N2O3. The van der Waals surface area contributed by atoms with Gasteiger partial charge < -0.3 is 9.64 Å². The minimum absolute atomic E-state index is 0.0678. The highest BCUT2D eigenvalue weighted by Gasteiger charge is 2.60. The number of nitrogens with zero attached hydrogens (tertiary/aromatic N) is 2. The highest BCUT2D eigenvalue weighted by molar-refractivity contribution is 6.06. The van der Waals surface area contributed by atoms with Crippen molar-refractivity contribution in [3.8, 4) is 0 Å². The summed E-state index contributed by atoms with van der Waals surface area (Å²) in [5.74, 6) is -0.761. The third-order valence-electron chi connectivity index (χ3n) is 5.44. The molecule has 0 saturated carbocycles. The van der Waals surface area contributed by atoms with Gasteiger partial charge in [0.05, 0.1) is 24.0 Å². The molecule has 0 N–H and O–H groups in total. The van der Waals surface area contributed by atoms with Crippen LogP contribution in [0.4, 0.5) is 0 Å². The number of imide groups is 1. The first-order valence-corrected chi connectivity index (χ1v) is 8.45. The Morgan fingerprint density at radius 2 is 1.62 bits per heavy atom. The van der Waals surface area contributed by atoms with E-state index in [1.807, 2.05) is 44.4 Å². The van der Waals surface area contributed by atoms with Gasteiger partial charge in [0.2, 0.25) is 11.8 Å². The molecule has 0 radical (unpaired) electrons. The largest absolute Gasteiger partial charge is 0.365 e. The van der Waals surface area contributed by atoms with Crippen LogP contribution in [-0.4, -0.2) is 60.5 Å². The fourth-order valence-electron chi connectivity index (χ4n) is 4.05. The summed E-state index contributed by atoms with van der Waals surface area (Å²) in [4.78, 5) is 29.1. The van der Waals surface area contributed by atoms with Crippen LogP contribution in [0.1, 0.15) is 5.56 Å². The molecule has 3 heterocycles. The monoisotopic (exact) mass is 326 g/mol. The molecule has 2 amide bonds. The number of ether oxygens (including phenoxy) is 1. The van der Waals surface area contributed by atoms with E-state index in [0.717, 1.165) is 6.42 Å². The smallest absolute Gasteiger partial charge is 0.236 e. The molecule has 126 valence electrons. The van der Waals surface area contributed by atoms with E-state index >= 15 is 0 Å². The lowest BCUT2D eigenvalue weighted by Gasteiger charge is -2.29. The van der Waals surface area contributed by atoms with Crippen LogP contribution in [0, 0.1) is 11.8 Å². The van der Waals surface area contributed by atoms with Gasteiger partial charge in [0.25, 0.3) is 0 Å². The van der Waals surface area contributed by atoms with Crippen LogP contribution < -0.4 is 0 Å². The SMILES string of the molecule is CN(C)C(Cc1ccccc1)CN1C(=O)C2C3C=CC(O3)C2C1=O. The maximum Gasteiger partial charge on any atom is 0.236 e. The summed E-state index contributed by atoms with van der Waals surface area (Å²) in [6.07, 6.45) is 4.23. The fraction of sp³-hybridized carbons (Fsp3) is 0.474. The Bertz CT molecular complexity index is 655. The van der Waals surface area contributed by atoms with E-state index in [-0.39, 0.29) is 41.9 Å². The molecular weight excluding hydrogens is 304 g/mol. The first kappa shape index (κ1) is 15.5. The highest BCUT2D eigenvalue weighted by atomic mass is 16.5. The van der Waals surface area contributed by atoms with E-state index in [0.29, 0.717) is 6.54 Å². The van der Waals surface area contributed by atoms with Crippen molar-refractivity contribution in [2.75, 3.05) is 20.6 Å². The van der Waals surface area contributed by atoms with E-state index in [9.17, 15) is 9.59 Å². The predicted molar refractivity (Wildman–Crippen MR) is 89.1 cm³/mol. The Kier molecular flexibility index (Phi) is 3.77. The van der Waals surface area contributed by atoms with Crippen molar-refractivity contribution in [1.29, 1.82) is 0 Å². The molecule has 5 unspecified atom stereocenters. The van der Waals surface area contributed by atoms with Crippen molar-refractivity contribution >= 4 is 11.8 Å². The van der Waals surface area contributed by atoms with Gasteiger partial charge in [0.15, 0.2) is 0 Å². The van der Waals surface area contributed by atoms with Crippen LogP contribution >= 0.6 is 0 Å². The molecule has 3 aliphatic heterocycles. The molecule has 3 aliphatic rings. The highest BCUT2D eigenvalue weighted by Crippen LogP contribution is 2.45. The van der Waals surface area contributed by atoms with Crippen molar-refractivity contribution in [3.63, 3.8) is 0 Å². The van der Waals surface area contributed by atoms with Gasteiger partial charge >= 0.3 is 0 Å². The van der Waals surface area contributed by atoms with Crippen LogP contribution in [0.25, 0.3) is 0 Å². The summed E-state index contributed by atoms with van der Waals surface area (Å²) >= 11 is 0. The molecule has 1 aromatic carbocycles. The normalized spacial score (nSPS) is 32.0. The third-order valence-corrected chi connectivity index (χ3v) is 5.44. The second-order valence-electron chi connectivity index (χ2n) is 7.10. The summed E-state index contributed by atoms with van der Waals surface area (Å²) < 4.78 is 5.69. The Hall–Kier alpha value is -1.98. The van der Waals surface area contributed by atoms with Crippen LogP contribution in [0.5, 0.6) is 0 Å². The second kappa shape index (κ2) is 5.83. The Morgan fingerprint density at radius 3 is 2.17 bits per heavy atom. The van der Waals surface area contributed by atoms with E-state index in [1.165, 1.54) is 10.5 Å². The van der Waals surface area contributed by atoms with Crippen LogP contribution in [-0.2, 0) is 20.7 Å². The molecule has 0 aromatic heterocycles. The van der Waals surface area contributed by atoms with Gasteiger partial charge in [-0.1, -0.05) is 42.5 Å². The summed E-state index contributed by atoms with van der Waals surface area (Å²) in [7, 11) is 3.99. The van der Waals surface area contributed by atoms with E-state index < -0.39 is 0 Å². The van der Waals surface area contributed by atoms with Crippen LogP contribution in [0.3, 0.4) is 0 Å². The zero-order valence-corrected chi connectivity index (χ0v) is 14.0. The maximum atomic E-state index is 12.8. The number of carbonyl (C=O) groups is 2. The molecule has 5 heteroatoms. The lowest BCUT2D eigenvalue weighted by molar-refractivity contribution is -0.143. The third kappa shape index (κ3) is 2.39. The molecule has 0 aliphatic carbocycles. The lowest BCUT2D eigenvalue weighted by Crippen LogP contribution is -2.45. The minimum Gasteiger partial charge on any atom is -0.365 e. The number of rotatable bonds is 5. The number of fused-ring (bicyclic) bond motifs is 5. The molecule has 24 heavy (non-hydrogen) atoms. The number of amides is 2. The summed E-state index contributed by atoms with van der Waals surface area (Å²) in [5.41, 5.74) is 1.21. The molecule has 0 spiro atoms. The van der Waals surface area contributed by atoms with E-state index in [1.54, 1.807) is 0 Å². The summed E-state index contributed by atoms with van der Waals surface area (Å²) in [5, 5.41) is 0. The average Bonchev–Trinajstić information content (AvgIpc) is 3.24. The predicted octanol–water partition coefficient (Wildman–Crippen LogP) is 1.10. The number of likely N-dealkylation sites (tertiary alicyclic amines) is 1. The summed E-state index contributed by atoms with van der Waals surface area (Å²) in [6, 6.07) is 10.3. The first-order chi connectivity index (χ1) is 11.6. The fourth-order valence-corrected chi connectivity index (χ4v) is 4.05. The van der Waals surface area contributed by atoms with Gasteiger partial charge in [0, 0.05) is 12.6 Å².